The van der Waals surface area contributed by atoms with Gasteiger partial charge in [0, 0.05) is 7.05 Å². The summed E-state index contributed by atoms with van der Waals surface area (Å²) in [7, 11) is -2.16. The molecule has 0 aliphatic rings. The molecule has 0 radical (unpaired) electrons. The molecule has 1 unspecified atom stereocenters. The van der Waals surface area contributed by atoms with Crippen molar-refractivity contribution in [1.29, 1.82) is 0 Å². The molecule has 0 aromatic rings. The molecule has 0 aromatic heterocycles. The second-order valence-electron chi connectivity index (χ2n) is 5.51. The molecule has 17 heavy (non-hydrogen) atoms. The number of nitrogens with zero attached hydrogens (tertiary/aromatic N) is 1. The number of sulfonamides is 1. The van der Waals surface area contributed by atoms with Crippen molar-refractivity contribution < 1.29 is 18.3 Å². The van der Waals surface area contributed by atoms with Gasteiger partial charge in [0.25, 0.3) is 0 Å². The molecule has 0 aliphatic carbocycles. The maximum absolute atomic E-state index is 11.8. The first-order valence-corrected chi connectivity index (χ1v) is 7.27. The van der Waals surface area contributed by atoms with Crippen LogP contribution in [0.5, 0.6) is 0 Å². The zero-order valence-electron chi connectivity index (χ0n) is 11.2. The Labute approximate surface area is 104 Å². The molecule has 0 fully saturated rings. The minimum absolute atomic E-state index is 0.00160. The number of hydrogen-bond donors (Lipinski definition) is 1. The highest BCUT2D eigenvalue weighted by atomic mass is 32.2. The van der Waals surface area contributed by atoms with Crippen LogP contribution in [0.25, 0.3) is 0 Å². The summed E-state index contributed by atoms with van der Waals surface area (Å²) < 4.78 is 24.6. The Morgan fingerprint density at radius 2 is 1.82 bits per heavy atom. The smallest absolute Gasteiger partial charge is 0.321 e. The lowest BCUT2D eigenvalue weighted by Crippen LogP contribution is -2.41. The average molecular weight is 265 g/mol. The zero-order chi connectivity index (χ0) is 13.9. The van der Waals surface area contributed by atoms with Gasteiger partial charge >= 0.3 is 5.97 Å². The second kappa shape index (κ2) is 5.82. The summed E-state index contributed by atoms with van der Waals surface area (Å²) in [5, 5.41) is 8.76. The third-order valence-electron chi connectivity index (χ3n) is 2.67. The van der Waals surface area contributed by atoms with Crippen molar-refractivity contribution in [2.24, 2.45) is 5.41 Å². The van der Waals surface area contributed by atoms with Gasteiger partial charge < -0.3 is 5.11 Å². The number of hydrogen-bond acceptors (Lipinski definition) is 3. The third-order valence-corrected chi connectivity index (χ3v) is 4.67. The van der Waals surface area contributed by atoms with Gasteiger partial charge in [0.15, 0.2) is 0 Å². The van der Waals surface area contributed by atoms with Crippen molar-refractivity contribution in [2.45, 2.75) is 46.6 Å². The molecule has 1 atom stereocenters. The Balaban J connectivity index is 4.44. The molecule has 0 saturated carbocycles. The third kappa shape index (κ3) is 6.02. The van der Waals surface area contributed by atoms with E-state index >= 15 is 0 Å². The van der Waals surface area contributed by atoms with Gasteiger partial charge in [-0.1, -0.05) is 20.8 Å². The number of carboxylic acid groups (broad SMARTS) is 1. The monoisotopic (exact) mass is 265 g/mol. The van der Waals surface area contributed by atoms with Gasteiger partial charge in [-0.2, -0.15) is 4.31 Å². The van der Waals surface area contributed by atoms with E-state index in [2.05, 4.69) is 0 Å². The van der Waals surface area contributed by atoms with E-state index in [1.54, 1.807) is 0 Å². The fourth-order valence-electron chi connectivity index (χ4n) is 1.33. The highest BCUT2D eigenvalue weighted by Crippen LogP contribution is 2.21. The highest BCUT2D eigenvalue weighted by Gasteiger charge is 2.27. The summed E-state index contributed by atoms with van der Waals surface area (Å²) in [6.07, 6.45) is 1.34. The number of rotatable bonds is 6. The molecule has 0 saturated heterocycles. The van der Waals surface area contributed by atoms with Crippen LogP contribution in [0.1, 0.15) is 40.5 Å². The molecule has 6 heteroatoms. The molecule has 1 N–H and O–H groups in total. The molecular formula is C11H23NO4S. The van der Waals surface area contributed by atoms with E-state index in [0.29, 0.717) is 6.42 Å². The van der Waals surface area contributed by atoms with Crippen LogP contribution in [-0.4, -0.2) is 42.6 Å². The predicted octanol–water partition coefficient (Wildman–Crippen LogP) is 1.55. The highest BCUT2D eigenvalue weighted by molar-refractivity contribution is 7.89. The molecule has 5 nitrogen and oxygen atoms in total. The lowest BCUT2D eigenvalue weighted by molar-refractivity contribution is -0.140. The van der Waals surface area contributed by atoms with E-state index in [9.17, 15) is 13.2 Å². The topological polar surface area (TPSA) is 74.7 Å². The van der Waals surface area contributed by atoms with Crippen molar-refractivity contribution >= 4 is 16.0 Å². The fraction of sp³-hybridized carbons (Fsp3) is 0.909. The Morgan fingerprint density at radius 1 is 1.35 bits per heavy atom. The number of likely N-dealkylation sites (N-methyl/N-ethyl adjacent to an activating group) is 1. The van der Waals surface area contributed by atoms with Gasteiger partial charge in [-0.3, -0.25) is 4.79 Å². The number of carboxylic acids is 1. The molecule has 0 spiro atoms. The van der Waals surface area contributed by atoms with Crippen molar-refractivity contribution in [3.8, 4) is 0 Å². The maximum atomic E-state index is 11.8. The van der Waals surface area contributed by atoms with Crippen LogP contribution in [0.4, 0.5) is 0 Å². The Hall–Kier alpha value is -0.620. The summed E-state index contributed by atoms with van der Waals surface area (Å²) >= 11 is 0. The minimum atomic E-state index is -3.47. The second-order valence-corrected chi connectivity index (χ2v) is 7.66. The lowest BCUT2D eigenvalue weighted by atomic mass is 9.91. The fourth-order valence-corrected chi connectivity index (χ4v) is 2.69. The summed E-state index contributed by atoms with van der Waals surface area (Å²) in [5.41, 5.74) is 0.0898. The molecule has 0 bridgehead atoms. The molecule has 0 aromatic carbocycles. The van der Waals surface area contributed by atoms with Crippen molar-refractivity contribution in [2.75, 3.05) is 12.8 Å². The number of aliphatic carboxylic acids is 1. The van der Waals surface area contributed by atoms with Crippen LogP contribution < -0.4 is 0 Å². The van der Waals surface area contributed by atoms with Crippen molar-refractivity contribution in [1.82, 2.24) is 4.31 Å². The van der Waals surface area contributed by atoms with E-state index in [0.717, 1.165) is 10.7 Å². The van der Waals surface area contributed by atoms with Crippen molar-refractivity contribution in [3.05, 3.63) is 0 Å². The number of carbonyl (C=O) groups is 1. The first-order valence-electron chi connectivity index (χ1n) is 5.66. The summed E-state index contributed by atoms with van der Waals surface area (Å²) in [4.78, 5) is 10.7. The Kier molecular flexibility index (Phi) is 5.61. The molecule has 102 valence electrons. The average Bonchev–Trinajstić information content (AvgIpc) is 2.12. The quantitative estimate of drug-likeness (QED) is 0.790. The van der Waals surface area contributed by atoms with Crippen molar-refractivity contribution in [3.63, 3.8) is 0 Å². The van der Waals surface area contributed by atoms with Crippen LogP contribution >= 0.6 is 0 Å². The van der Waals surface area contributed by atoms with Gasteiger partial charge in [-0.05, 0) is 25.2 Å². The van der Waals surface area contributed by atoms with E-state index in [-0.39, 0.29) is 11.2 Å². The van der Waals surface area contributed by atoms with E-state index in [1.807, 2.05) is 20.8 Å². The van der Waals surface area contributed by atoms with E-state index in [4.69, 9.17) is 5.11 Å². The van der Waals surface area contributed by atoms with Crippen LogP contribution in [0.3, 0.4) is 0 Å². The van der Waals surface area contributed by atoms with Crippen LogP contribution in [0.15, 0.2) is 0 Å². The normalized spacial score (nSPS) is 14.9. The Morgan fingerprint density at radius 3 is 2.18 bits per heavy atom. The molecule has 0 rings (SSSR count). The SMILES string of the molecule is CC(C(=O)O)N(C)S(=O)(=O)CCCC(C)(C)C. The van der Waals surface area contributed by atoms with Gasteiger partial charge in [-0.15, -0.1) is 0 Å². The van der Waals surface area contributed by atoms with Gasteiger partial charge in [0.1, 0.15) is 6.04 Å². The largest absolute Gasteiger partial charge is 0.480 e. The minimum Gasteiger partial charge on any atom is -0.480 e. The zero-order valence-corrected chi connectivity index (χ0v) is 12.0. The van der Waals surface area contributed by atoms with Crippen LogP contribution in [-0.2, 0) is 14.8 Å². The molecule has 0 heterocycles. The maximum Gasteiger partial charge on any atom is 0.321 e. The van der Waals surface area contributed by atoms with Gasteiger partial charge in [0.05, 0.1) is 5.75 Å². The first-order chi connectivity index (χ1) is 7.47. The van der Waals surface area contributed by atoms with E-state index in [1.165, 1.54) is 14.0 Å². The Bertz CT molecular complexity index is 356. The lowest BCUT2D eigenvalue weighted by Gasteiger charge is -2.22. The summed E-state index contributed by atoms with van der Waals surface area (Å²) in [5.74, 6) is -1.13. The van der Waals surface area contributed by atoms with Crippen LogP contribution in [0, 0.1) is 5.41 Å². The standard InChI is InChI=1S/C11H23NO4S/c1-9(10(13)14)12(5)17(15,16)8-6-7-11(2,3)4/h9H,6-8H2,1-5H3,(H,13,14). The van der Waals surface area contributed by atoms with Crippen LogP contribution in [0.2, 0.25) is 0 Å². The van der Waals surface area contributed by atoms with Gasteiger partial charge in [-0.25, -0.2) is 8.42 Å². The first kappa shape index (κ1) is 16.4. The summed E-state index contributed by atoms with van der Waals surface area (Å²) in [6.45, 7) is 7.50. The van der Waals surface area contributed by atoms with E-state index < -0.39 is 22.0 Å². The predicted molar refractivity (Wildman–Crippen MR) is 67.3 cm³/mol. The van der Waals surface area contributed by atoms with Gasteiger partial charge in [0.2, 0.25) is 10.0 Å². The molecular weight excluding hydrogens is 242 g/mol. The molecule has 0 aliphatic heterocycles. The summed E-state index contributed by atoms with van der Waals surface area (Å²) in [6, 6.07) is -1.02. The molecule has 0 amide bonds.